The van der Waals surface area contributed by atoms with Crippen molar-refractivity contribution >= 4 is 23.0 Å². The van der Waals surface area contributed by atoms with Crippen LogP contribution >= 0.6 is 0 Å². The summed E-state index contributed by atoms with van der Waals surface area (Å²) >= 11 is 0. The number of nitro benzene ring substituents is 2. The highest BCUT2D eigenvalue weighted by Gasteiger charge is 2.13. The summed E-state index contributed by atoms with van der Waals surface area (Å²) in [5.41, 5.74) is 1.32. The van der Waals surface area contributed by atoms with Crippen LogP contribution in [-0.2, 0) is 4.79 Å². The first-order valence-electron chi connectivity index (χ1n) is 7.20. The number of hydrogen-bond donors (Lipinski definition) is 1. The number of nitro groups is 2. The number of amides is 1. The maximum Gasteiger partial charge on any atom is 0.271 e. The van der Waals surface area contributed by atoms with E-state index >= 15 is 0 Å². The minimum atomic E-state index is -0.550. The average molecular weight is 345 g/mol. The number of ether oxygens (including phenoxy) is 1. The van der Waals surface area contributed by atoms with Crippen LogP contribution in [0, 0.1) is 34.1 Å². The van der Waals surface area contributed by atoms with Crippen molar-refractivity contribution in [3.8, 4) is 5.75 Å². The van der Waals surface area contributed by atoms with E-state index in [1.807, 2.05) is 0 Å². The van der Waals surface area contributed by atoms with Crippen LogP contribution in [0.3, 0.4) is 0 Å². The van der Waals surface area contributed by atoms with E-state index in [9.17, 15) is 25.0 Å². The number of carbonyl (C=O) groups is 1. The molecule has 25 heavy (non-hydrogen) atoms. The van der Waals surface area contributed by atoms with Gasteiger partial charge in [0.05, 0.1) is 15.5 Å². The van der Waals surface area contributed by atoms with Gasteiger partial charge in [0.25, 0.3) is 17.3 Å². The van der Waals surface area contributed by atoms with Crippen LogP contribution in [0.4, 0.5) is 17.1 Å². The highest BCUT2D eigenvalue weighted by molar-refractivity contribution is 5.93. The second kappa shape index (κ2) is 7.39. The van der Waals surface area contributed by atoms with E-state index in [4.69, 9.17) is 4.74 Å². The van der Waals surface area contributed by atoms with Gasteiger partial charge in [0.1, 0.15) is 5.75 Å². The monoisotopic (exact) mass is 345 g/mol. The molecule has 0 saturated heterocycles. The summed E-state index contributed by atoms with van der Waals surface area (Å²) in [6, 6.07) is 8.20. The molecular formula is C16H15N3O6. The standard InChI is InChI=1S/C16H15N3O6/c1-10-3-4-13(19(23)24)8-14(10)17-16(20)9-25-15-6-5-12(18(21)22)7-11(15)2/h3-8H,9H2,1-2H3,(H,17,20). The fourth-order valence-corrected chi connectivity index (χ4v) is 2.10. The van der Waals surface area contributed by atoms with Gasteiger partial charge in [0.2, 0.25) is 0 Å². The van der Waals surface area contributed by atoms with Crippen molar-refractivity contribution in [1.29, 1.82) is 0 Å². The molecule has 0 aromatic heterocycles. The van der Waals surface area contributed by atoms with E-state index < -0.39 is 15.8 Å². The molecule has 9 nitrogen and oxygen atoms in total. The average Bonchev–Trinajstić information content (AvgIpc) is 2.55. The zero-order chi connectivity index (χ0) is 18.6. The molecule has 1 N–H and O–H groups in total. The second-order valence-corrected chi connectivity index (χ2v) is 5.30. The maximum absolute atomic E-state index is 12.0. The molecule has 2 rings (SSSR count). The zero-order valence-electron chi connectivity index (χ0n) is 13.5. The maximum atomic E-state index is 12.0. The van der Waals surface area contributed by atoms with E-state index in [-0.39, 0.29) is 18.0 Å². The molecule has 0 radical (unpaired) electrons. The van der Waals surface area contributed by atoms with Crippen LogP contribution in [0.5, 0.6) is 5.75 Å². The van der Waals surface area contributed by atoms with Gasteiger partial charge in [0, 0.05) is 24.3 Å². The van der Waals surface area contributed by atoms with Crippen molar-refractivity contribution < 1.29 is 19.4 Å². The van der Waals surface area contributed by atoms with Crippen molar-refractivity contribution in [2.24, 2.45) is 0 Å². The first-order chi connectivity index (χ1) is 11.8. The van der Waals surface area contributed by atoms with E-state index in [2.05, 4.69) is 5.32 Å². The van der Waals surface area contributed by atoms with Crippen molar-refractivity contribution in [3.05, 3.63) is 67.8 Å². The highest BCUT2D eigenvalue weighted by Crippen LogP contribution is 2.24. The summed E-state index contributed by atoms with van der Waals surface area (Å²) in [4.78, 5) is 32.4. The SMILES string of the molecule is Cc1ccc([N+](=O)[O-])cc1NC(=O)COc1ccc([N+](=O)[O-])cc1C. The molecular weight excluding hydrogens is 330 g/mol. The summed E-state index contributed by atoms with van der Waals surface area (Å²) in [5.74, 6) is -0.155. The van der Waals surface area contributed by atoms with Crippen LogP contribution in [0.25, 0.3) is 0 Å². The summed E-state index contributed by atoms with van der Waals surface area (Å²) in [7, 11) is 0. The van der Waals surface area contributed by atoms with Crippen LogP contribution < -0.4 is 10.1 Å². The Morgan fingerprint density at radius 2 is 1.60 bits per heavy atom. The predicted molar refractivity (Wildman–Crippen MR) is 89.8 cm³/mol. The first kappa shape index (κ1) is 17.9. The van der Waals surface area contributed by atoms with Crippen LogP contribution in [0.1, 0.15) is 11.1 Å². The Morgan fingerprint density at radius 1 is 1.00 bits per heavy atom. The largest absolute Gasteiger partial charge is 0.483 e. The van der Waals surface area contributed by atoms with Crippen molar-refractivity contribution in [2.45, 2.75) is 13.8 Å². The zero-order valence-corrected chi connectivity index (χ0v) is 13.5. The van der Waals surface area contributed by atoms with E-state index in [0.717, 1.165) is 0 Å². The van der Waals surface area contributed by atoms with Gasteiger partial charge in [-0.3, -0.25) is 25.0 Å². The van der Waals surface area contributed by atoms with Crippen LogP contribution in [0.15, 0.2) is 36.4 Å². The van der Waals surface area contributed by atoms with Crippen molar-refractivity contribution in [3.63, 3.8) is 0 Å². The van der Waals surface area contributed by atoms with Gasteiger partial charge in [-0.15, -0.1) is 0 Å². The fourth-order valence-electron chi connectivity index (χ4n) is 2.10. The molecule has 0 spiro atoms. The summed E-state index contributed by atoms with van der Waals surface area (Å²) < 4.78 is 5.35. The predicted octanol–water partition coefficient (Wildman–Crippen LogP) is 3.14. The third-order valence-electron chi connectivity index (χ3n) is 3.43. The highest BCUT2D eigenvalue weighted by atomic mass is 16.6. The second-order valence-electron chi connectivity index (χ2n) is 5.30. The van der Waals surface area contributed by atoms with Crippen LogP contribution in [0.2, 0.25) is 0 Å². The lowest BCUT2D eigenvalue weighted by molar-refractivity contribution is -0.385. The van der Waals surface area contributed by atoms with E-state index in [1.54, 1.807) is 13.8 Å². The number of non-ortho nitro benzene ring substituents is 2. The summed E-state index contributed by atoms with van der Waals surface area (Å²) in [6.45, 7) is 3.01. The van der Waals surface area contributed by atoms with Gasteiger partial charge in [-0.25, -0.2) is 0 Å². The molecule has 0 heterocycles. The third-order valence-corrected chi connectivity index (χ3v) is 3.43. The van der Waals surface area contributed by atoms with Crippen molar-refractivity contribution in [1.82, 2.24) is 0 Å². The van der Waals surface area contributed by atoms with Crippen LogP contribution in [-0.4, -0.2) is 22.4 Å². The minimum absolute atomic E-state index is 0.0680. The Bertz CT molecular complexity index is 850. The molecule has 0 bridgehead atoms. The van der Waals surface area contributed by atoms with Gasteiger partial charge in [0.15, 0.2) is 6.61 Å². The molecule has 0 aliphatic heterocycles. The normalized spacial score (nSPS) is 10.2. The van der Waals surface area contributed by atoms with Gasteiger partial charge < -0.3 is 10.1 Å². The topological polar surface area (TPSA) is 125 Å². The molecule has 0 aliphatic rings. The Labute approximate surface area is 142 Å². The summed E-state index contributed by atoms with van der Waals surface area (Å²) in [6.07, 6.45) is 0. The van der Waals surface area contributed by atoms with Gasteiger partial charge >= 0.3 is 0 Å². The molecule has 2 aromatic rings. The first-order valence-corrected chi connectivity index (χ1v) is 7.20. The summed E-state index contributed by atoms with van der Waals surface area (Å²) in [5, 5.41) is 24.0. The Kier molecular flexibility index (Phi) is 5.28. The van der Waals surface area contributed by atoms with Crippen molar-refractivity contribution in [2.75, 3.05) is 11.9 Å². The fraction of sp³-hybridized carbons (Fsp3) is 0.188. The van der Waals surface area contributed by atoms with Gasteiger partial charge in [-0.1, -0.05) is 6.07 Å². The number of anilines is 1. The molecule has 0 fully saturated rings. The Balaban J connectivity index is 2.03. The van der Waals surface area contributed by atoms with E-state index in [1.165, 1.54) is 36.4 Å². The lowest BCUT2D eigenvalue weighted by Gasteiger charge is -2.11. The minimum Gasteiger partial charge on any atom is -0.483 e. The Morgan fingerprint density at radius 3 is 2.20 bits per heavy atom. The third kappa shape index (κ3) is 4.50. The number of rotatable bonds is 6. The van der Waals surface area contributed by atoms with E-state index in [0.29, 0.717) is 22.6 Å². The molecule has 2 aromatic carbocycles. The van der Waals surface area contributed by atoms with Gasteiger partial charge in [-0.2, -0.15) is 0 Å². The lowest BCUT2D eigenvalue weighted by Crippen LogP contribution is -2.21. The molecule has 0 aliphatic carbocycles. The Hall–Kier alpha value is -3.49. The molecule has 0 atom stereocenters. The lowest BCUT2D eigenvalue weighted by atomic mass is 10.2. The quantitative estimate of drug-likeness (QED) is 0.633. The van der Waals surface area contributed by atoms with Gasteiger partial charge in [-0.05, 0) is 31.0 Å². The number of carbonyl (C=O) groups excluding carboxylic acids is 1. The number of hydrogen-bond acceptors (Lipinski definition) is 6. The number of aryl methyl sites for hydroxylation is 2. The molecule has 9 heteroatoms. The number of nitrogens with one attached hydrogen (secondary N) is 1. The number of benzene rings is 2. The molecule has 1 amide bonds. The number of nitrogens with zero attached hydrogens (tertiary/aromatic N) is 2. The molecule has 0 unspecified atom stereocenters. The smallest absolute Gasteiger partial charge is 0.271 e. The molecule has 0 saturated carbocycles. The molecule has 130 valence electrons.